The van der Waals surface area contributed by atoms with Crippen molar-refractivity contribution in [3.05, 3.63) is 34.4 Å². The number of aryl methyl sites for hydroxylation is 3. The summed E-state index contributed by atoms with van der Waals surface area (Å²) in [5, 5.41) is 2.02. The lowest BCUT2D eigenvalue weighted by Crippen LogP contribution is -2.23. The minimum absolute atomic E-state index is 0.0555. The molecule has 1 rings (SSSR count). The zero-order chi connectivity index (χ0) is 13.9. The van der Waals surface area contributed by atoms with E-state index < -0.39 is 13.7 Å². The van der Waals surface area contributed by atoms with Crippen LogP contribution in [0.5, 0.6) is 0 Å². The summed E-state index contributed by atoms with van der Waals surface area (Å²) in [4.78, 5) is 21.3. The number of nitrogens with one attached hydrogen (secondary N) is 1. The maximum absolute atomic E-state index is 12.0. The first-order valence-electron chi connectivity index (χ1n) is 5.64. The molecule has 0 heterocycles. The van der Waals surface area contributed by atoms with Crippen LogP contribution >= 0.6 is 7.75 Å². The Hall–Kier alpha value is -1.16. The lowest BCUT2D eigenvalue weighted by atomic mass is 10.00. The summed E-state index contributed by atoms with van der Waals surface area (Å²) in [6, 6.07) is 3.70. The summed E-state index contributed by atoms with van der Waals surface area (Å²) in [5.41, 5.74) is 2.98. The first-order chi connectivity index (χ1) is 8.26. The molecule has 0 aromatic heterocycles. The van der Waals surface area contributed by atoms with Crippen LogP contribution in [0.3, 0.4) is 0 Å². The Bertz CT molecular complexity index is 490. The molecule has 2 N–H and O–H groups in total. The number of hydrogen-bond acceptors (Lipinski definition) is 3. The van der Waals surface area contributed by atoms with Gasteiger partial charge in [-0.2, -0.15) is 0 Å². The first kappa shape index (κ1) is 14.9. The SMILES string of the molecule is CCOP(=O)(O)NC(=O)c1c(C)cc(C)cc1C. The quantitative estimate of drug-likeness (QED) is 0.825. The van der Waals surface area contributed by atoms with Crippen molar-refractivity contribution in [1.29, 1.82) is 0 Å². The fraction of sp³-hybridized carbons (Fsp3) is 0.417. The van der Waals surface area contributed by atoms with Crippen LogP contribution in [0.1, 0.15) is 34.0 Å². The van der Waals surface area contributed by atoms with Gasteiger partial charge in [-0.3, -0.25) is 14.4 Å². The Balaban J connectivity index is 3.02. The van der Waals surface area contributed by atoms with E-state index in [0.717, 1.165) is 16.7 Å². The predicted molar refractivity (Wildman–Crippen MR) is 69.6 cm³/mol. The number of rotatable bonds is 4. The maximum atomic E-state index is 12.0. The van der Waals surface area contributed by atoms with Gasteiger partial charge < -0.3 is 4.89 Å². The third-order valence-corrected chi connectivity index (χ3v) is 3.54. The van der Waals surface area contributed by atoms with Gasteiger partial charge in [0.05, 0.1) is 6.61 Å². The summed E-state index contributed by atoms with van der Waals surface area (Å²) in [6.07, 6.45) is 0. The largest absolute Gasteiger partial charge is 0.432 e. The van der Waals surface area contributed by atoms with E-state index in [9.17, 15) is 14.3 Å². The molecule has 0 fully saturated rings. The molecule has 1 amide bonds. The van der Waals surface area contributed by atoms with Crippen molar-refractivity contribution >= 4 is 13.7 Å². The van der Waals surface area contributed by atoms with Gasteiger partial charge in [0.25, 0.3) is 5.91 Å². The van der Waals surface area contributed by atoms with Gasteiger partial charge in [-0.25, -0.2) is 4.57 Å². The lowest BCUT2D eigenvalue weighted by molar-refractivity contribution is 0.0966. The Morgan fingerprint density at radius 3 is 2.28 bits per heavy atom. The van der Waals surface area contributed by atoms with Crippen LogP contribution in [-0.4, -0.2) is 17.4 Å². The van der Waals surface area contributed by atoms with Gasteiger partial charge in [0.2, 0.25) is 0 Å². The highest BCUT2D eigenvalue weighted by atomic mass is 31.2. The Morgan fingerprint density at radius 2 is 1.83 bits per heavy atom. The van der Waals surface area contributed by atoms with Gasteiger partial charge in [0.15, 0.2) is 0 Å². The van der Waals surface area contributed by atoms with Gasteiger partial charge in [-0.05, 0) is 38.8 Å². The van der Waals surface area contributed by atoms with Crippen molar-refractivity contribution < 1.29 is 18.8 Å². The minimum atomic E-state index is -4.07. The molecule has 1 aromatic carbocycles. The number of carbonyl (C=O) groups is 1. The molecule has 0 aliphatic rings. The van der Waals surface area contributed by atoms with Crippen LogP contribution in [0.15, 0.2) is 12.1 Å². The summed E-state index contributed by atoms with van der Waals surface area (Å²) in [6.45, 7) is 7.14. The minimum Gasteiger partial charge on any atom is -0.308 e. The number of carbonyl (C=O) groups excluding carboxylic acids is 1. The molecule has 0 aliphatic carbocycles. The monoisotopic (exact) mass is 271 g/mol. The third kappa shape index (κ3) is 3.67. The summed E-state index contributed by atoms with van der Waals surface area (Å²) >= 11 is 0. The number of amides is 1. The zero-order valence-electron chi connectivity index (χ0n) is 11.0. The molecule has 0 aliphatic heterocycles. The smallest absolute Gasteiger partial charge is 0.308 e. The molecule has 1 atom stereocenters. The van der Waals surface area contributed by atoms with E-state index in [1.165, 1.54) is 0 Å². The molecule has 1 aromatic rings. The maximum Gasteiger partial charge on any atom is 0.432 e. The first-order valence-corrected chi connectivity index (χ1v) is 7.22. The standard InChI is InChI=1S/C12H18NO4P/c1-5-17-18(15,16)13-12(14)11-9(3)6-8(2)7-10(11)4/h6-7H,5H2,1-4H3,(H2,13,14,15,16). The van der Waals surface area contributed by atoms with Crippen molar-refractivity contribution in [1.82, 2.24) is 5.09 Å². The second-order valence-electron chi connectivity index (χ2n) is 4.15. The summed E-state index contributed by atoms with van der Waals surface area (Å²) < 4.78 is 16.1. The van der Waals surface area contributed by atoms with Crippen LogP contribution in [0.4, 0.5) is 0 Å². The highest BCUT2D eigenvalue weighted by Gasteiger charge is 2.24. The molecule has 100 valence electrons. The molecule has 1 unspecified atom stereocenters. The molecule has 0 radical (unpaired) electrons. The molecule has 5 nitrogen and oxygen atoms in total. The van der Waals surface area contributed by atoms with Crippen LogP contribution in [0.2, 0.25) is 0 Å². The average molecular weight is 271 g/mol. The van der Waals surface area contributed by atoms with Crippen molar-refractivity contribution in [2.24, 2.45) is 0 Å². The van der Waals surface area contributed by atoms with Crippen molar-refractivity contribution in [3.8, 4) is 0 Å². The van der Waals surface area contributed by atoms with Gasteiger partial charge >= 0.3 is 7.75 Å². The van der Waals surface area contributed by atoms with Gasteiger partial charge in [0.1, 0.15) is 0 Å². The van der Waals surface area contributed by atoms with Crippen LogP contribution in [0.25, 0.3) is 0 Å². The number of hydrogen-bond donors (Lipinski definition) is 2. The topological polar surface area (TPSA) is 75.6 Å². The summed E-state index contributed by atoms with van der Waals surface area (Å²) in [7, 11) is -4.07. The summed E-state index contributed by atoms with van der Waals surface area (Å²) in [5.74, 6) is -0.593. The molecule has 18 heavy (non-hydrogen) atoms. The fourth-order valence-electron chi connectivity index (χ4n) is 1.93. The zero-order valence-corrected chi connectivity index (χ0v) is 11.9. The number of benzene rings is 1. The molecular weight excluding hydrogens is 253 g/mol. The van der Waals surface area contributed by atoms with Gasteiger partial charge in [-0.1, -0.05) is 17.7 Å². The molecule has 0 spiro atoms. The normalized spacial score (nSPS) is 14.1. The predicted octanol–water partition coefficient (Wildman–Crippen LogP) is 2.48. The van der Waals surface area contributed by atoms with Crippen LogP contribution in [0, 0.1) is 20.8 Å². The lowest BCUT2D eigenvalue weighted by Gasteiger charge is -2.15. The van der Waals surface area contributed by atoms with Crippen LogP contribution in [-0.2, 0) is 9.09 Å². The highest BCUT2D eigenvalue weighted by Crippen LogP contribution is 2.37. The molecule has 6 heteroatoms. The second-order valence-corrected chi connectivity index (χ2v) is 5.68. The molecule has 0 saturated heterocycles. The van der Waals surface area contributed by atoms with Crippen molar-refractivity contribution in [3.63, 3.8) is 0 Å². The molecular formula is C12H18NO4P. The second kappa shape index (κ2) is 5.65. The Kier molecular flexibility index (Phi) is 4.68. The average Bonchev–Trinajstić information content (AvgIpc) is 2.13. The van der Waals surface area contributed by atoms with E-state index in [1.54, 1.807) is 20.8 Å². The van der Waals surface area contributed by atoms with E-state index in [2.05, 4.69) is 4.52 Å². The van der Waals surface area contributed by atoms with E-state index in [-0.39, 0.29) is 6.61 Å². The van der Waals surface area contributed by atoms with E-state index in [4.69, 9.17) is 0 Å². The molecule has 0 bridgehead atoms. The van der Waals surface area contributed by atoms with E-state index in [0.29, 0.717) is 5.56 Å². The van der Waals surface area contributed by atoms with Crippen LogP contribution < -0.4 is 5.09 Å². The van der Waals surface area contributed by atoms with E-state index in [1.807, 2.05) is 24.1 Å². The van der Waals surface area contributed by atoms with Crippen molar-refractivity contribution in [2.45, 2.75) is 27.7 Å². The van der Waals surface area contributed by atoms with Gasteiger partial charge in [0, 0.05) is 5.56 Å². The van der Waals surface area contributed by atoms with Gasteiger partial charge in [-0.15, -0.1) is 0 Å². The Morgan fingerprint density at radius 1 is 1.33 bits per heavy atom. The Labute approximate surface area is 107 Å². The third-order valence-electron chi connectivity index (χ3n) is 2.45. The fourth-order valence-corrected chi connectivity index (χ4v) is 2.71. The van der Waals surface area contributed by atoms with E-state index >= 15 is 0 Å². The van der Waals surface area contributed by atoms with Crippen molar-refractivity contribution in [2.75, 3.05) is 6.61 Å². The molecule has 0 saturated carbocycles. The highest BCUT2D eigenvalue weighted by molar-refractivity contribution is 7.51.